The van der Waals surface area contributed by atoms with Crippen LogP contribution >= 0.6 is 0 Å². The fourth-order valence-electron chi connectivity index (χ4n) is 2.86. The van der Waals surface area contributed by atoms with Gasteiger partial charge < -0.3 is 10.6 Å². The van der Waals surface area contributed by atoms with E-state index in [1.165, 1.54) is 5.56 Å². The fourth-order valence-corrected chi connectivity index (χ4v) is 2.86. The van der Waals surface area contributed by atoms with Crippen LogP contribution in [0.25, 0.3) is 0 Å². The minimum absolute atomic E-state index is 0.00888. The number of benzene rings is 2. The van der Waals surface area contributed by atoms with Gasteiger partial charge in [0.1, 0.15) is 6.04 Å². The molecule has 2 aromatic carbocycles. The van der Waals surface area contributed by atoms with Gasteiger partial charge >= 0.3 is 0 Å². The smallest absolute Gasteiger partial charge is 0.242 e. The van der Waals surface area contributed by atoms with E-state index in [0.29, 0.717) is 0 Å². The molecule has 0 saturated carbocycles. The highest BCUT2D eigenvalue weighted by Gasteiger charge is 2.26. The van der Waals surface area contributed by atoms with Gasteiger partial charge in [-0.05, 0) is 30.0 Å². The van der Waals surface area contributed by atoms with Gasteiger partial charge in [-0.15, -0.1) is 0 Å². The van der Waals surface area contributed by atoms with E-state index in [4.69, 9.17) is 0 Å². The molecule has 0 bridgehead atoms. The van der Waals surface area contributed by atoms with Crippen LogP contribution in [-0.4, -0.2) is 12.5 Å². The van der Waals surface area contributed by atoms with Crippen LogP contribution < -0.4 is 10.6 Å². The molecular formula is C18H20N2O. The second kappa shape index (κ2) is 6.10. The molecule has 3 rings (SSSR count). The Kier molecular flexibility index (Phi) is 4.02. The van der Waals surface area contributed by atoms with Gasteiger partial charge in [-0.25, -0.2) is 0 Å². The van der Waals surface area contributed by atoms with E-state index < -0.39 is 0 Å². The average Bonchev–Trinajstić information content (AvgIpc) is 2.55. The van der Waals surface area contributed by atoms with E-state index in [2.05, 4.69) is 16.7 Å². The second-order valence-electron chi connectivity index (χ2n) is 5.48. The first-order chi connectivity index (χ1) is 10.3. The molecule has 1 aliphatic rings. The van der Waals surface area contributed by atoms with Crippen molar-refractivity contribution in [1.29, 1.82) is 0 Å². The molecule has 1 amide bonds. The number of rotatable bonds is 3. The van der Waals surface area contributed by atoms with Crippen molar-refractivity contribution >= 4 is 5.91 Å². The summed E-state index contributed by atoms with van der Waals surface area (Å²) in [5, 5.41) is 6.43. The third-order valence-corrected chi connectivity index (χ3v) is 4.03. The van der Waals surface area contributed by atoms with Gasteiger partial charge in [-0.3, -0.25) is 4.79 Å². The van der Waals surface area contributed by atoms with Gasteiger partial charge in [0.25, 0.3) is 0 Å². The lowest BCUT2D eigenvalue weighted by Gasteiger charge is -2.27. The molecule has 0 saturated heterocycles. The van der Waals surface area contributed by atoms with Gasteiger partial charge in [0.15, 0.2) is 0 Å². The molecule has 0 aliphatic carbocycles. The molecule has 0 spiro atoms. The summed E-state index contributed by atoms with van der Waals surface area (Å²) in [6, 6.07) is 18.0. The molecule has 1 unspecified atom stereocenters. The summed E-state index contributed by atoms with van der Waals surface area (Å²) in [4.78, 5) is 12.6. The van der Waals surface area contributed by atoms with Crippen molar-refractivity contribution in [3.05, 3.63) is 71.3 Å². The Hall–Kier alpha value is -2.13. The van der Waals surface area contributed by atoms with Crippen LogP contribution in [0.15, 0.2) is 54.6 Å². The SMILES string of the molecule is C[C@H](NC(=O)C1NCCc2ccccc21)c1ccccc1. The topological polar surface area (TPSA) is 41.1 Å². The largest absolute Gasteiger partial charge is 0.348 e. The number of nitrogens with one attached hydrogen (secondary N) is 2. The second-order valence-corrected chi connectivity index (χ2v) is 5.48. The first-order valence-electron chi connectivity index (χ1n) is 7.42. The minimum Gasteiger partial charge on any atom is -0.348 e. The summed E-state index contributed by atoms with van der Waals surface area (Å²) in [6.07, 6.45) is 0.980. The van der Waals surface area contributed by atoms with Crippen molar-refractivity contribution in [3.8, 4) is 0 Å². The van der Waals surface area contributed by atoms with Crippen LogP contribution in [-0.2, 0) is 11.2 Å². The molecule has 2 N–H and O–H groups in total. The highest BCUT2D eigenvalue weighted by molar-refractivity contribution is 5.84. The zero-order chi connectivity index (χ0) is 14.7. The molecule has 2 atom stereocenters. The molecule has 3 heteroatoms. The molecule has 1 aliphatic heterocycles. The first-order valence-corrected chi connectivity index (χ1v) is 7.42. The van der Waals surface area contributed by atoms with Crippen molar-refractivity contribution in [2.24, 2.45) is 0 Å². The summed E-state index contributed by atoms with van der Waals surface area (Å²) in [7, 11) is 0. The molecule has 21 heavy (non-hydrogen) atoms. The molecule has 1 heterocycles. The molecule has 0 aromatic heterocycles. The number of hydrogen-bond acceptors (Lipinski definition) is 2. The van der Waals surface area contributed by atoms with Crippen molar-refractivity contribution in [2.75, 3.05) is 6.54 Å². The lowest BCUT2D eigenvalue weighted by atomic mass is 9.93. The highest BCUT2D eigenvalue weighted by atomic mass is 16.2. The Labute approximate surface area is 125 Å². The normalized spacial score (nSPS) is 18.6. The van der Waals surface area contributed by atoms with E-state index in [1.807, 2.05) is 55.5 Å². The summed E-state index contributed by atoms with van der Waals surface area (Å²) in [5.74, 6) is 0.0403. The number of fused-ring (bicyclic) bond motifs is 1. The van der Waals surface area contributed by atoms with E-state index >= 15 is 0 Å². The van der Waals surface area contributed by atoms with E-state index in [-0.39, 0.29) is 18.0 Å². The molecule has 0 fully saturated rings. The predicted molar refractivity (Wildman–Crippen MR) is 83.9 cm³/mol. The monoisotopic (exact) mass is 280 g/mol. The number of carbonyl (C=O) groups is 1. The van der Waals surface area contributed by atoms with Crippen LogP contribution in [0.5, 0.6) is 0 Å². The quantitative estimate of drug-likeness (QED) is 0.907. The average molecular weight is 280 g/mol. The number of amides is 1. The Morgan fingerprint density at radius 1 is 1.14 bits per heavy atom. The summed E-state index contributed by atoms with van der Waals surface area (Å²) < 4.78 is 0. The van der Waals surface area contributed by atoms with Gasteiger partial charge in [0, 0.05) is 6.54 Å². The summed E-state index contributed by atoms with van der Waals surface area (Å²) >= 11 is 0. The van der Waals surface area contributed by atoms with Crippen molar-refractivity contribution < 1.29 is 4.79 Å². The third kappa shape index (κ3) is 2.98. The maximum Gasteiger partial charge on any atom is 0.242 e. The molecule has 108 valence electrons. The molecule has 3 nitrogen and oxygen atoms in total. The summed E-state index contributed by atoms with van der Waals surface area (Å²) in [5.41, 5.74) is 3.49. The van der Waals surface area contributed by atoms with Crippen molar-refractivity contribution in [2.45, 2.75) is 25.4 Å². The van der Waals surface area contributed by atoms with Gasteiger partial charge in [0.2, 0.25) is 5.91 Å². The maximum atomic E-state index is 12.6. The lowest BCUT2D eigenvalue weighted by Crippen LogP contribution is -2.42. The first kappa shape index (κ1) is 13.8. The molecule has 0 radical (unpaired) electrons. The lowest BCUT2D eigenvalue weighted by molar-refractivity contribution is -0.124. The number of hydrogen-bond donors (Lipinski definition) is 2. The Balaban J connectivity index is 1.75. The Bertz CT molecular complexity index is 624. The van der Waals surface area contributed by atoms with Crippen LogP contribution in [0, 0.1) is 0 Å². The predicted octanol–water partition coefficient (Wildman–Crippen LogP) is 2.75. The van der Waals surface area contributed by atoms with Crippen molar-refractivity contribution in [3.63, 3.8) is 0 Å². The standard InChI is InChI=1S/C18H20N2O/c1-13(14-7-3-2-4-8-14)20-18(21)17-16-10-6-5-9-15(16)11-12-19-17/h2-10,13,17,19H,11-12H2,1H3,(H,20,21)/t13-,17?/m0/s1. The third-order valence-electron chi connectivity index (χ3n) is 4.03. The van der Waals surface area contributed by atoms with Gasteiger partial charge in [0.05, 0.1) is 6.04 Å². The molecule has 2 aromatic rings. The minimum atomic E-state index is -0.249. The maximum absolute atomic E-state index is 12.6. The molecular weight excluding hydrogens is 260 g/mol. The van der Waals surface area contributed by atoms with Crippen LogP contribution in [0.1, 0.15) is 35.7 Å². The van der Waals surface area contributed by atoms with Crippen LogP contribution in [0.3, 0.4) is 0 Å². The van der Waals surface area contributed by atoms with E-state index in [0.717, 1.165) is 24.1 Å². The highest BCUT2D eigenvalue weighted by Crippen LogP contribution is 2.23. The van der Waals surface area contributed by atoms with Gasteiger partial charge in [-0.1, -0.05) is 54.6 Å². The zero-order valence-corrected chi connectivity index (χ0v) is 12.2. The zero-order valence-electron chi connectivity index (χ0n) is 12.2. The van der Waals surface area contributed by atoms with E-state index in [1.54, 1.807) is 0 Å². The fraction of sp³-hybridized carbons (Fsp3) is 0.278. The Morgan fingerprint density at radius 2 is 1.86 bits per heavy atom. The van der Waals surface area contributed by atoms with Crippen LogP contribution in [0.2, 0.25) is 0 Å². The van der Waals surface area contributed by atoms with Crippen LogP contribution in [0.4, 0.5) is 0 Å². The van der Waals surface area contributed by atoms with Crippen molar-refractivity contribution in [1.82, 2.24) is 10.6 Å². The van der Waals surface area contributed by atoms with E-state index in [9.17, 15) is 4.79 Å². The Morgan fingerprint density at radius 3 is 2.67 bits per heavy atom. The summed E-state index contributed by atoms with van der Waals surface area (Å²) in [6.45, 7) is 2.86. The number of carbonyl (C=O) groups excluding carboxylic acids is 1. The van der Waals surface area contributed by atoms with Gasteiger partial charge in [-0.2, -0.15) is 0 Å².